The summed E-state index contributed by atoms with van der Waals surface area (Å²) in [6.45, 7) is 6.78. The van der Waals surface area contributed by atoms with Crippen LogP contribution in [0.4, 0.5) is 9.93 Å². The van der Waals surface area contributed by atoms with E-state index in [0.29, 0.717) is 11.7 Å². The zero-order valence-corrected chi connectivity index (χ0v) is 12.3. The number of hydrogen-bond donors (Lipinski definition) is 2. The standard InChI is InChI=1S/C11H18ClN3O2S/c1-11(2,3)17-10(16)14-6-4-5-13-9-15-8(12)7-18-9/h7H,4-6H2,1-3H3,(H,13,15)(H,14,16). The van der Waals surface area contributed by atoms with Gasteiger partial charge in [-0.3, -0.25) is 0 Å². The quantitative estimate of drug-likeness (QED) is 0.818. The van der Waals surface area contributed by atoms with Crippen LogP contribution >= 0.6 is 22.9 Å². The number of amides is 1. The van der Waals surface area contributed by atoms with Crippen molar-refractivity contribution >= 4 is 34.2 Å². The van der Waals surface area contributed by atoms with E-state index >= 15 is 0 Å². The highest BCUT2D eigenvalue weighted by Crippen LogP contribution is 2.18. The van der Waals surface area contributed by atoms with Gasteiger partial charge in [-0.2, -0.15) is 0 Å². The van der Waals surface area contributed by atoms with Crippen LogP contribution in [0.15, 0.2) is 5.38 Å². The Balaban J connectivity index is 2.07. The number of nitrogens with zero attached hydrogens (tertiary/aromatic N) is 1. The molecule has 18 heavy (non-hydrogen) atoms. The molecule has 0 fully saturated rings. The normalized spacial score (nSPS) is 11.1. The van der Waals surface area contributed by atoms with Crippen molar-refractivity contribution in [1.82, 2.24) is 10.3 Å². The molecule has 0 saturated carbocycles. The molecule has 0 aliphatic carbocycles. The summed E-state index contributed by atoms with van der Waals surface area (Å²) in [5.74, 6) is 0. The Morgan fingerprint density at radius 3 is 2.78 bits per heavy atom. The molecule has 1 rings (SSSR count). The van der Waals surface area contributed by atoms with E-state index in [2.05, 4.69) is 15.6 Å². The number of aromatic nitrogens is 1. The number of carbonyl (C=O) groups excluding carboxylic acids is 1. The second kappa shape index (κ2) is 6.80. The van der Waals surface area contributed by atoms with E-state index in [9.17, 15) is 4.79 Å². The third-order valence-corrected chi connectivity index (χ3v) is 2.90. The van der Waals surface area contributed by atoms with Gasteiger partial charge in [-0.15, -0.1) is 11.3 Å². The largest absolute Gasteiger partial charge is 0.444 e. The first-order valence-corrected chi connectivity index (χ1v) is 6.94. The lowest BCUT2D eigenvalue weighted by atomic mass is 10.2. The van der Waals surface area contributed by atoms with Crippen molar-refractivity contribution in [3.63, 3.8) is 0 Å². The third kappa shape index (κ3) is 6.66. The van der Waals surface area contributed by atoms with Crippen molar-refractivity contribution in [1.29, 1.82) is 0 Å². The van der Waals surface area contributed by atoms with Gasteiger partial charge < -0.3 is 15.4 Å². The summed E-state index contributed by atoms with van der Waals surface area (Å²) in [4.78, 5) is 15.4. The molecule has 0 unspecified atom stereocenters. The number of halogens is 1. The lowest BCUT2D eigenvalue weighted by Crippen LogP contribution is -2.33. The van der Waals surface area contributed by atoms with Crippen molar-refractivity contribution in [2.75, 3.05) is 18.4 Å². The second-order valence-corrected chi connectivity index (χ2v) is 5.93. The zero-order valence-electron chi connectivity index (χ0n) is 10.7. The molecule has 1 amide bonds. The Labute approximate surface area is 116 Å². The fourth-order valence-electron chi connectivity index (χ4n) is 1.12. The Morgan fingerprint density at radius 1 is 1.50 bits per heavy atom. The van der Waals surface area contributed by atoms with Crippen LogP contribution in [0.1, 0.15) is 27.2 Å². The van der Waals surface area contributed by atoms with Gasteiger partial charge in [0, 0.05) is 18.5 Å². The number of hydrogen-bond acceptors (Lipinski definition) is 5. The molecule has 0 saturated heterocycles. The lowest BCUT2D eigenvalue weighted by molar-refractivity contribution is 0.0528. The Kier molecular flexibility index (Phi) is 5.68. The van der Waals surface area contributed by atoms with Gasteiger partial charge in [0.15, 0.2) is 5.13 Å². The topological polar surface area (TPSA) is 63.2 Å². The number of nitrogens with one attached hydrogen (secondary N) is 2. The minimum atomic E-state index is -0.458. The van der Waals surface area contributed by atoms with Crippen LogP contribution in [-0.2, 0) is 4.74 Å². The molecule has 7 heteroatoms. The van der Waals surface area contributed by atoms with Crippen LogP contribution < -0.4 is 10.6 Å². The fraction of sp³-hybridized carbons (Fsp3) is 0.636. The average Bonchev–Trinajstić information content (AvgIpc) is 2.61. The van der Waals surface area contributed by atoms with E-state index in [1.54, 1.807) is 5.38 Å². The van der Waals surface area contributed by atoms with Crippen molar-refractivity contribution in [3.05, 3.63) is 10.5 Å². The Bertz CT molecular complexity index is 390. The first kappa shape index (κ1) is 15.0. The highest BCUT2D eigenvalue weighted by Gasteiger charge is 2.15. The average molecular weight is 292 g/mol. The lowest BCUT2D eigenvalue weighted by Gasteiger charge is -2.19. The van der Waals surface area contributed by atoms with Crippen molar-refractivity contribution in [2.24, 2.45) is 0 Å². The van der Waals surface area contributed by atoms with E-state index in [4.69, 9.17) is 16.3 Å². The minimum absolute atomic E-state index is 0.389. The van der Waals surface area contributed by atoms with Gasteiger partial charge in [0.05, 0.1) is 0 Å². The zero-order chi connectivity index (χ0) is 13.6. The molecule has 1 heterocycles. The van der Waals surface area contributed by atoms with Crippen LogP contribution in [-0.4, -0.2) is 29.8 Å². The molecular weight excluding hydrogens is 274 g/mol. The SMILES string of the molecule is CC(C)(C)OC(=O)NCCCNc1nc(Cl)cs1. The molecule has 0 bridgehead atoms. The molecule has 5 nitrogen and oxygen atoms in total. The Hall–Kier alpha value is -1.01. The van der Waals surface area contributed by atoms with E-state index in [-0.39, 0.29) is 6.09 Å². The third-order valence-electron chi connectivity index (χ3n) is 1.77. The predicted octanol–water partition coefficient (Wildman–Crippen LogP) is 3.12. The number of rotatable bonds is 5. The summed E-state index contributed by atoms with van der Waals surface area (Å²) < 4.78 is 5.11. The number of ether oxygens (including phenoxy) is 1. The molecule has 0 aromatic carbocycles. The molecule has 0 spiro atoms. The van der Waals surface area contributed by atoms with Crippen molar-refractivity contribution < 1.29 is 9.53 Å². The van der Waals surface area contributed by atoms with E-state index in [0.717, 1.165) is 18.1 Å². The van der Waals surface area contributed by atoms with E-state index in [1.165, 1.54) is 11.3 Å². The van der Waals surface area contributed by atoms with Crippen LogP contribution in [0.5, 0.6) is 0 Å². The number of anilines is 1. The van der Waals surface area contributed by atoms with Gasteiger partial charge in [0.1, 0.15) is 10.8 Å². The number of carbonyl (C=O) groups is 1. The summed E-state index contributed by atoms with van der Waals surface area (Å²) >= 11 is 7.14. The van der Waals surface area contributed by atoms with Gasteiger partial charge in [-0.25, -0.2) is 9.78 Å². The van der Waals surface area contributed by atoms with Crippen molar-refractivity contribution in [3.8, 4) is 0 Å². The van der Waals surface area contributed by atoms with E-state index in [1.807, 2.05) is 20.8 Å². The maximum Gasteiger partial charge on any atom is 0.407 e. The summed E-state index contributed by atoms with van der Waals surface area (Å²) in [6.07, 6.45) is 0.399. The molecule has 102 valence electrons. The summed E-state index contributed by atoms with van der Waals surface area (Å²) in [7, 11) is 0. The summed E-state index contributed by atoms with van der Waals surface area (Å²) in [6, 6.07) is 0. The van der Waals surface area contributed by atoms with Crippen LogP contribution in [0.2, 0.25) is 5.15 Å². The number of thiazole rings is 1. The van der Waals surface area contributed by atoms with Gasteiger partial charge in [-0.1, -0.05) is 11.6 Å². The monoisotopic (exact) mass is 291 g/mol. The van der Waals surface area contributed by atoms with Gasteiger partial charge >= 0.3 is 6.09 Å². The predicted molar refractivity (Wildman–Crippen MR) is 74.5 cm³/mol. The highest BCUT2D eigenvalue weighted by atomic mass is 35.5. The molecule has 0 radical (unpaired) electrons. The summed E-state index contributed by atoms with van der Waals surface area (Å²) in [5, 5.41) is 8.86. The van der Waals surface area contributed by atoms with Crippen LogP contribution in [0, 0.1) is 0 Å². The molecular formula is C11H18ClN3O2S. The van der Waals surface area contributed by atoms with E-state index < -0.39 is 5.60 Å². The smallest absolute Gasteiger partial charge is 0.407 e. The molecule has 1 aromatic rings. The highest BCUT2D eigenvalue weighted by molar-refractivity contribution is 7.14. The Morgan fingerprint density at radius 2 is 2.22 bits per heavy atom. The molecule has 1 aromatic heterocycles. The first-order chi connectivity index (χ1) is 8.37. The van der Waals surface area contributed by atoms with Gasteiger partial charge in [0.25, 0.3) is 0 Å². The molecule has 0 aliphatic rings. The van der Waals surface area contributed by atoms with Crippen LogP contribution in [0.3, 0.4) is 0 Å². The number of alkyl carbamates (subject to hydrolysis) is 1. The maximum atomic E-state index is 11.3. The van der Waals surface area contributed by atoms with Crippen LogP contribution in [0.25, 0.3) is 0 Å². The summed E-state index contributed by atoms with van der Waals surface area (Å²) in [5.41, 5.74) is -0.458. The van der Waals surface area contributed by atoms with Gasteiger partial charge in [0.2, 0.25) is 0 Å². The first-order valence-electron chi connectivity index (χ1n) is 5.68. The maximum absolute atomic E-state index is 11.3. The molecule has 2 N–H and O–H groups in total. The fourth-order valence-corrected chi connectivity index (χ4v) is 1.99. The van der Waals surface area contributed by atoms with Gasteiger partial charge in [-0.05, 0) is 27.2 Å². The van der Waals surface area contributed by atoms with Crippen molar-refractivity contribution in [2.45, 2.75) is 32.8 Å². The molecule has 0 aliphatic heterocycles. The minimum Gasteiger partial charge on any atom is -0.444 e. The molecule has 0 atom stereocenters. The second-order valence-electron chi connectivity index (χ2n) is 4.68.